The molecule has 0 atom stereocenters. The molecular formula is C14H25BrO. The summed E-state index contributed by atoms with van der Waals surface area (Å²) in [5.74, 6) is 0.403. The van der Waals surface area contributed by atoms with Gasteiger partial charge in [-0.3, -0.25) is 4.79 Å². The first-order valence-corrected chi connectivity index (χ1v) is 7.36. The van der Waals surface area contributed by atoms with E-state index >= 15 is 0 Å². The molecular weight excluding hydrogens is 264 g/mol. The molecule has 0 fully saturated rings. The summed E-state index contributed by atoms with van der Waals surface area (Å²) >= 11 is 3.54. The minimum absolute atomic E-state index is 0.403. The first kappa shape index (κ1) is 15.9. The second-order valence-corrected chi connectivity index (χ2v) is 5.31. The van der Waals surface area contributed by atoms with Gasteiger partial charge in [0.1, 0.15) is 5.78 Å². The van der Waals surface area contributed by atoms with Gasteiger partial charge in [-0.15, -0.1) is 0 Å². The van der Waals surface area contributed by atoms with Crippen LogP contribution in [0.25, 0.3) is 0 Å². The van der Waals surface area contributed by atoms with Gasteiger partial charge in [0, 0.05) is 12.8 Å². The second kappa shape index (κ2) is 11.4. The maximum absolute atomic E-state index is 11.4. The second-order valence-electron chi connectivity index (χ2n) is 4.29. The van der Waals surface area contributed by atoms with Crippen molar-refractivity contribution in [3.63, 3.8) is 0 Å². The zero-order valence-electron chi connectivity index (χ0n) is 10.7. The maximum Gasteiger partial charge on any atom is 0.133 e. The Morgan fingerprint density at radius 1 is 1.00 bits per heavy atom. The molecule has 0 amide bonds. The van der Waals surface area contributed by atoms with Crippen molar-refractivity contribution in [2.24, 2.45) is 0 Å². The molecule has 16 heavy (non-hydrogen) atoms. The van der Waals surface area contributed by atoms with E-state index < -0.39 is 0 Å². The van der Waals surface area contributed by atoms with E-state index in [1.54, 1.807) is 0 Å². The molecule has 0 aromatic heterocycles. The smallest absolute Gasteiger partial charge is 0.133 e. The fourth-order valence-electron chi connectivity index (χ4n) is 1.51. The van der Waals surface area contributed by atoms with Crippen molar-refractivity contribution < 1.29 is 4.79 Å². The Balaban J connectivity index is 3.54. The Morgan fingerprint density at radius 2 is 1.69 bits per heavy atom. The lowest BCUT2D eigenvalue weighted by Crippen LogP contribution is -1.96. The number of hydrogen-bond donors (Lipinski definition) is 0. The van der Waals surface area contributed by atoms with Gasteiger partial charge in [-0.1, -0.05) is 55.1 Å². The number of halogens is 1. The highest BCUT2D eigenvalue weighted by atomic mass is 79.9. The number of carbonyl (C=O) groups is 1. The summed E-state index contributed by atoms with van der Waals surface area (Å²) in [5.41, 5.74) is 0. The zero-order valence-corrected chi connectivity index (χ0v) is 12.3. The largest absolute Gasteiger partial charge is 0.300 e. The highest BCUT2D eigenvalue weighted by Gasteiger charge is 2.01. The van der Waals surface area contributed by atoms with Crippen molar-refractivity contribution in [3.8, 4) is 0 Å². The van der Waals surface area contributed by atoms with Gasteiger partial charge in [-0.25, -0.2) is 0 Å². The molecule has 0 saturated heterocycles. The molecule has 94 valence electrons. The molecule has 0 radical (unpaired) electrons. The highest BCUT2D eigenvalue weighted by molar-refractivity contribution is 9.11. The summed E-state index contributed by atoms with van der Waals surface area (Å²) in [6, 6.07) is 0. The van der Waals surface area contributed by atoms with E-state index in [2.05, 4.69) is 35.9 Å². The fraction of sp³-hybridized carbons (Fsp3) is 0.786. The third kappa shape index (κ3) is 10.4. The molecule has 0 aliphatic heterocycles. The number of ketones is 1. The summed E-state index contributed by atoms with van der Waals surface area (Å²) in [4.78, 5) is 11.4. The summed E-state index contributed by atoms with van der Waals surface area (Å²) < 4.78 is 1.20. The van der Waals surface area contributed by atoms with Crippen LogP contribution in [0, 0.1) is 0 Å². The van der Waals surface area contributed by atoms with E-state index in [9.17, 15) is 4.79 Å². The summed E-state index contributed by atoms with van der Waals surface area (Å²) in [5, 5.41) is 0. The molecule has 0 N–H and O–H groups in total. The summed E-state index contributed by atoms with van der Waals surface area (Å²) in [6.07, 6.45) is 11.7. The first-order valence-electron chi connectivity index (χ1n) is 6.56. The minimum Gasteiger partial charge on any atom is -0.300 e. The van der Waals surface area contributed by atoms with E-state index in [0.717, 1.165) is 32.1 Å². The lowest BCUT2D eigenvalue weighted by Gasteiger charge is -2.00. The molecule has 0 aromatic rings. The topological polar surface area (TPSA) is 17.1 Å². The van der Waals surface area contributed by atoms with E-state index in [1.165, 1.54) is 23.7 Å². The van der Waals surface area contributed by atoms with Gasteiger partial charge in [0.15, 0.2) is 0 Å². The van der Waals surface area contributed by atoms with Gasteiger partial charge in [-0.2, -0.15) is 0 Å². The molecule has 1 nitrogen and oxygen atoms in total. The Labute approximate surface area is 109 Å². The summed E-state index contributed by atoms with van der Waals surface area (Å²) in [7, 11) is 0. The molecule has 2 heteroatoms. The molecule has 0 rings (SSSR count). The predicted molar refractivity (Wildman–Crippen MR) is 74.9 cm³/mol. The van der Waals surface area contributed by atoms with Crippen LogP contribution in [0.3, 0.4) is 0 Å². The molecule has 0 aliphatic rings. The number of carbonyl (C=O) groups excluding carboxylic acids is 1. The lowest BCUT2D eigenvalue weighted by atomic mass is 10.1. The van der Waals surface area contributed by atoms with Gasteiger partial charge >= 0.3 is 0 Å². The van der Waals surface area contributed by atoms with Crippen LogP contribution in [-0.2, 0) is 4.79 Å². The van der Waals surface area contributed by atoms with Gasteiger partial charge < -0.3 is 0 Å². The van der Waals surface area contributed by atoms with Crippen molar-refractivity contribution in [2.75, 3.05) is 0 Å². The monoisotopic (exact) mass is 288 g/mol. The van der Waals surface area contributed by atoms with Gasteiger partial charge in [0.25, 0.3) is 0 Å². The molecule has 0 unspecified atom stereocenters. The molecule has 0 aliphatic carbocycles. The van der Waals surface area contributed by atoms with E-state index in [1.807, 2.05) is 0 Å². The minimum atomic E-state index is 0.403. The van der Waals surface area contributed by atoms with Crippen LogP contribution in [0.1, 0.15) is 71.6 Å². The molecule has 0 saturated carbocycles. The van der Waals surface area contributed by atoms with E-state index in [-0.39, 0.29) is 0 Å². The van der Waals surface area contributed by atoms with E-state index in [4.69, 9.17) is 0 Å². The van der Waals surface area contributed by atoms with Crippen molar-refractivity contribution in [1.82, 2.24) is 0 Å². The van der Waals surface area contributed by atoms with Crippen LogP contribution in [-0.4, -0.2) is 5.78 Å². The average Bonchev–Trinajstić information content (AvgIpc) is 2.29. The Morgan fingerprint density at radius 3 is 2.31 bits per heavy atom. The number of Topliss-reactive ketones (excluding diaryl/α,β-unsaturated/α-hetero) is 1. The molecule has 0 heterocycles. The number of allylic oxidation sites excluding steroid dienone is 2. The fourth-order valence-corrected chi connectivity index (χ4v) is 1.94. The van der Waals surface area contributed by atoms with Crippen LogP contribution in [0.2, 0.25) is 0 Å². The van der Waals surface area contributed by atoms with Gasteiger partial charge in [0.05, 0.1) is 0 Å². The van der Waals surface area contributed by atoms with Crippen molar-refractivity contribution in [3.05, 3.63) is 10.6 Å². The maximum atomic E-state index is 11.4. The van der Waals surface area contributed by atoms with Crippen LogP contribution in [0.4, 0.5) is 0 Å². The van der Waals surface area contributed by atoms with Crippen molar-refractivity contribution in [1.29, 1.82) is 0 Å². The third-order valence-electron chi connectivity index (χ3n) is 2.63. The van der Waals surface area contributed by atoms with Crippen LogP contribution in [0.5, 0.6) is 0 Å². The Kier molecular flexibility index (Phi) is 11.3. The van der Waals surface area contributed by atoms with Crippen molar-refractivity contribution in [2.45, 2.75) is 71.6 Å². The first-order chi connectivity index (χ1) is 7.70. The molecule has 0 spiro atoms. The predicted octanol–water partition coefficient (Wildman–Crippen LogP) is 5.39. The van der Waals surface area contributed by atoms with Gasteiger partial charge in [-0.05, 0) is 30.2 Å². The Bertz CT molecular complexity index is 209. The quantitative estimate of drug-likeness (QED) is 0.493. The Hall–Kier alpha value is -0.110. The van der Waals surface area contributed by atoms with Crippen LogP contribution in [0.15, 0.2) is 10.6 Å². The lowest BCUT2D eigenvalue weighted by molar-refractivity contribution is -0.119. The SMILES string of the molecule is CCCCC/C=C(/Br)CCC(=O)CCCC. The number of hydrogen-bond acceptors (Lipinski definition) is 1. The zero-order chi connectivity index (χ0) is 12.2. The van der Waals surface area contributed by atoms with Crippen LogP contribution >= 0.6 is 15.9 Å². The number of rotatable bonds is 10. The third-order valence-corrected chi connectivity index (χ3v) is 3.35. The normalized spacial score (nSPS) is 11.8. The summed E-state index contributed by atoms with van der Waals surface area (Å²) in [6.45, 7) is 4.34. The average molecular weight is 289 g/mol. The number of unbranched alkanes of at least 4 members (excludes halogenated alkanes) is 4. The molecule has 0 aromatic carbocycles. The van der Waals surface area contributed by atoms with Crippen molar-refractivity contribution >= 4 is 21.7 Å². The van der Waals surface area contributed by atoms with Gasteiger partial charge in [0.2, 0.25) is 0 Å². The standard InChI is InChI=1S/C14H25BrO/c1-3-5-7-8-9-13(15)11-12-14(16)10-6-4-2/h9H,3-8,10-12H2,1-2H3/b13-9+. The highest BCUT2D eigenvalue weighted by Crippen LogP contribution is 2.16. The van der Waals surface area contributed by atoms with Crippen LogP contribution < -0.4 is 0 Å². The molecule has 0 bridgehead atoms. The van der Waals surface area contributed by atoms with E-state index in [0.29, 0.717) is 12.2 Å².